The van der Waals surface area contributed by atoms with Crippen molar-refractivity contribution in [3.63, 3.8) is 0 Å². The van der Waals surface area contributed by atoms with Gasteiger partial charge < -0.3 is 14.4 Å². The van der Waals surface area contributed by atoms with E-state index in [1.54, 1.807) is 7.11 Å². The van der Waals surface area contributed by atoms with Gasteiger partial charge in [-0.25, -0.2) is 4.79 Å². The molecule has 0 radical (unpaired) electrons. The van der Waals surface area contributed by atoms with Gasteiger partial charge in [0.05, 0.1) is 38.0 Å². The summed E-state index contributed by atoms with van der Waals surface area (Å²) in [5.41, 5.74) is 2.02. The molecule has 1 N–H and O–H groups in total. The third-order valence-corrected chi connectivity index (χ3v) is 3.27. The fourth-order valence-electron chi connectivity index (χ4n) is 2.01. The van der Waals surface area contributed by atoms with E-state index < -0.39 is 0 Å². The van der Waals surface area contributed by atoms with E-state index in [-0.39, 0.29) is 5.97 Å². The number of hydrogen-bond acceptors (Lipinski definition) is 4. The molecule has 2 rings (SSSR count). The number of fused-ring (bicyclic) bond motifs is 1. The number of quaternary nitrogens is 1. The topological polar surface area (TPSA) is 52.9 Å². The number of aryl methyl sites for hydroxylation is 1. The van der Waals surface area contributed by atoms with Gasteiger partial charge in [0, 0.05) is 5.39 Å². The van der Waals surface area contributed by atoms with Crippen molar-refractivity contribution < 1.29 is 19.2 Å². The molecule has 21 heavy (non-hydrogen) atoms. The van der Waals surface area contributed by atoms with Crippen molar-refractivity contribution in [2.45, 2.75) is 6.92 Å². The zero-order valence-corrected chi connectivity index (χ0v) is 12.9. The molecule has 0 bridgehead atoms. The lowest BCUT2D eigenvalue weighted by Gasteiger charge is -2.10. The molecule has 1 aromatic carbocycles. The first-order valence-electron chi connectivity index (χ1n) is 6.93. The molecule has 2 aromatic rings. The van der Waals surface area contributed by atoms with Gasteiger partial charge in [-0.2, -0.15) is 0 Å². The van der Waals surface area contributed by atoms with Gasteiger partial charge in [0.1, 0.15) is 18.9 Å². The highest BCUT2D eigenvalue weighted by atomic mass is 16.5. The SMILES string of the molecule is COc1ccc2nc(C)c(C(=O)OCC[NH+](C)C)cc2c1. The molecule has 112 valence electrons. The molecule has 0 amide bonds. The van der Waals surface area contributed by atoms with Crippen LogP contribution in [0.15, 0.2) is 24.3 Å². The number of aromatic nitrogens is 1. The minimum Gasteiger partial charge on any atom is -0.497 e. The van der Waals surface area contributed by atoms with Gasteiger partial charge in [-0.05, 0) is 31.2 Å². The van der Waals surface area contributed by atoms with E-state index in [2.05, 4.69) is 4.98 Å². The van der Waals surface area contributed by atoms with Crippen LogP contribution in [-0.4, -0.2) is 45.3 Å². The number of carbonyl (C=O) groups excluding carboxylic acids is 1. The van der Waals surface area contributed by atoms with Crippen LogP contribution in [0.2, 0.25) is 0 Å². The Balaban J connectivity index is 2.26. The lowest BCUT2D eigenvalue weighted by Crippen LogP contribution is -3.06. The number of benzene rings is 1. The summed E-state index contributed by atoms with van der Waals surface area (Å²) in [5.74, 6) is 0.412. The molecule has 0 atom stereocenters. The van der Waals surface area contributed by atoms with Gasteiger partial charge in [-0.15, -0.1) is 0 Å². The molecule has 5 nitrogen and oxygen atoms in total. The highest BCUT2D eigenvalue weighted by Crippen LogP contribution is 2.22. The molecule has 1 aromatic heterocycles. The first-order valence-corrected chi connectivity index (χ1v) is 6.93. The van der Waals surface area contributed by atoms with Gasteiger partial charge in [0.25, 0.3) is 0 Å². The van der Waals surface area contributed by atoms with E-state index in [1.165, 1.54) is 4.90 Å². The molecule has 0 aliphatic carbocycles. The van der Waals surface area contributed by atoms with Crippen LogP contribution in [0.3, 0.4) is 0 Å². The zero-order valence-electron chi connectivity index (χ0n) is 12.9. The van der Waals surface area contributed by atoms with Crippen molar-refractivity contribution >= 4 is 16.9 Å². The Hall–Kier alpha value is -2.14. The molecule has 0 aliphatic rings. The van der Waals surface area contributed by atoms with Crippen LogP contribution in [-0.2, 0) is 4.74 Å². The number of hydrogen-bond donors (Lipinski definition) is 1. The second-order valence-corrected chi connectivity index (χ2v) is 5.27. The van der Waals surface area contributed by atoms with Crippen LogP contribution in [0.4, 0.5) is 0 Å². The number of ether oxygens (including phenoxy) is 2. The van der Waals surface area contributed by atoms with Crippen LogP contribution in [0.5, 0.6) is 5.75 Å². The average molecular weight is 289 g/mol. The van der Waals surface area contributed by atoms with E-state index in [9.17, 15) is 4.79 Å². The van der Waals surface area contributed by atoms with Crippen molar-refractivity contribution in [2.24, 2.45) is 0 Å². The Bertz CT molecular complexity index is 653. The summed E-state index contributed by atoms with van der Waals surface area (Å²) in [4.78, 5) is 17.8. The Morgan fingerprint density at radius 1 is 1.29 bits per heavy atom. The minimum atomic E-state index is -0.328. The number of likely N-dealkylation sites (N-methyl/N-ethyl adjacent to an activating group) is 1. The molecular weight excluding hydrogens is 268 g/mol. The summed E-state index contributed by atoms with van der Waals surface area (Å²) < 4.78 is 10.5. The van der Waals surface area contributed by atoms with Crippen molar-refractivity contribution in [2.75, 3.05) is 34.4 Å². The van der Waals surface area contributed by atoms with Crippen LogP contribution in [0.25, 0.3) is 10.9 Å². The number of nitrogens with zero attached hydrogens (tertiary/aromatic N) is 1. The smallest absolute Gasteiger partial charge is 0.340 e. The van der Waals surface area contributed by atoms with Crippen molar-refractivity contribution in [1.29, 1.82) is 0 Å². The predicted molar refractivity (Wildman–Crippen MR) is 81.0 cm³/mol. The lowest BCUT2D eigenvalue weighted by molar-refractivity contribution is -0.858. The first-order chi connectivity index (χ1) is 10.0. The molecule has 0 aliphatic heterocycles. The van der Waals surface area contributed by atoms with Gasteiger partial charge in [-0.3, -0.25) is 4.98 Å². The van der Waals surface area contributed by atoms with Crippen molar-refractivity contribution in [3.8, 4) is 5.75 Å². The predicted octanol–water partition coefficient (Wildman–Crippen LogP) is 0.853. The lowest BCUT2D eigenvalue weighted by atomic mass is 10.1. The summed E-state index contributed by atoms with van der Waals surface area (Å²) in [6, 6.07) is 7.41. The van der Waals surface area contributed by atoms with E-state index in [4.69, 9.17) is 9.47 Å². The van der Waals surface area contributed by atoms with Gasteiger partial charge in [-0.1, -0.05) is 0 Å². The Morgan fingerprint density at radius 2 is 2.05 bits per heavy atom. The Morgan fingerprint density at radius 3 is 2.71 bits per heavy atom. The maximum atomic E-state index is 12.1. The summed E-state index contributed by atoms with van der Waals surface area (Å²) in [6.07, 6.45) is 0. The molecule has 0 fully saturated rings. The molecule has 0 unspecified atom stereocenters. The highest BCUT2D eigenvalue weighted by Gasteiger charge is 2.14. The molecule has 0 saturated carbocycles. The van der Waals surface area contributed by atoms with Crippen molar-refractivity contribution in [1.82, 2.24) is 4.98 Å². The van der Waals surface area contributed by atoms with Gasteiger partial charge in [0.2, 0.25) is 0 Å². The molecular formula is C16H21N2O3+. The summed E-state index contributed by atoms with van der Waals surface area (Å²) in [6.45, 7) is 2.99. The van der Waals surface area contributed by atoms with E-state index in [0.29, 0.717) is 17.9 Å². The van der Waals surface area contributed by atoms with Crippen LogP contribution in [0.1, 0.15) is 16.1 Å². The minimum absolute atomic E-state index is 0.328. The standard InChI is InChI=1S/C16H20N2O3/c1-11-14(16(19)21-8-7-18(2)3)10-12-9-13(20-4)5-6-15(12)17-11/h5-6,9-10H,7-8H2,1-4H3/p+1. The number of esters is 1. The quantitative estimate of drug-likeness (QED) is 0.829. The maximum Gasteiger partial charge on any atom is 0.340 e. The molecule has 0 spiro atoms. The fraction of sp³-hybridized carbons (Fsp3) is 0.375. The first kappa shape index (κ1) is 15.3. The van der Waals surface area contributed by atoms with Crippen LogP contribution < -0.4 is 9.64 Å². The number of methoxy groups -OCH3 is 1. The fourth-order valence-corrected chi connectivity index (χ4v) is 2.01. The largest absolute Gasteiger partial charge is 0.497 e. The normalized spacial score (nSPS) is 10.9. The average Bonchev–Trinajstić information content (AvgIpc) is 2.45. The number of nitrogens with one attached hydrogen (secondary N) is 1. The molecule has 1 heterocycles. The van der Waals surface area contributed by atoms with E-state index in [1.807, 2.05) is 45.3 Å². The van der Waals surface area contributed by atoms with E-state index in [0.717, 1.165) is 23.2 Å². The second-order valence-electron chi connectivity index (χ2n) is 5.27. The van der Waals surface area contributed by atoms with Crippen LogP contribution >= 0.6 is 0 Å². The summed E-state index contributed by atoms with van der Waals surface area (Å²) in [7, 11) is 5.65. The van der Waals surface area contributed by atoms with Crippen molar-refractivity contribution in [3.05, 3.63) is 35.5 Å². The zero-order chi connectivity index (χ0) is 15.4. The Labute approximate surface area is 124 Å². The summed E-state index contributed by atoms with van der Waals surface area (Å²) >= 11 is 0. The third-order valence-electron chi connectivity index (χ3n) is 3.27. The molecule has 0 saturated heterocycles. The number of pyridine rings is 1. The highest BCUT2D eigenvalue weighted by molar-refractivity contribution is 5.95. The summed E-state index contributed by atoms with van der Waals surface area (Å²) in [5, 5.41) is 0.866. The van der Waals surface area contributed by atoms with Gasteiger partial charge >= 0.3 is 5.97 Å². The van der Waals surface area contributed by atoms with E-state index >= 15 is 0 Å². The second kappa shape index (κ2) is 6.54. The monoisotopic (exact) mass is 289 g/mol. The number of rotatable bonds is 5. The molecule has 5 heteroatoms. The number of carbonyl (C=O) groups is 1. The third kappa shape index (κ3) is 3.70. The van der Waals surface area contributed by atoms with Crippen LogP contribution in [0, 0.1) is 6.92 Å². The van der Waals surface area contributed by atoms with Gasteiger partial charge in [0.15, 0.2) is 0 Å². The Kier molecular flexibility index (Phi) is 4.75. The maximum absolute atomic E-state index is 12.1.